The predicted octanol–water partition coefficient (Wildman–Crippen LogP) is 3.23. The SMILES string of the molecule is CC(C)CNC(=O)NC(=O)COC(=O)CC(c1ccccc1)c1ccccc1. The van der Waals surface area contributed by atoms with Crippen molar-refractivity contribution in [3.63, 3.8) is 0 Å². The lowest BCUT2D eigenvalue weighted by atomic mass is 9.89. The van der Waals surface area contributed by atoms with Crippen LogP contribution >= 0.6 is 0 Å². The maximum Gasteiger partial charge on any atom is 0.321 e. The van der Waals surface area contributed by atoms with E-state index in [0.29, 0.717) is 6.54 Å². The molecule has 2 aromatic rings. The predicted molar refractivity (Wildman–Crippen MR) is 107 cm³/mol. The molecule has 28 heavy (non-hydrogen) atoms. The van der Waals surface area contributed by atoms with E-state index in [1.807, 2.05) is 74.5 Å². The molecule has 0 atom stereocenters. The van der Waals surface area contributed by atoms with Gasteiger partial charge in [0.1, 0.15) is 0 Å². The second kappa shape index (κ2) is 10.9. The molecular weight excluding hydrogens is 356 g/mol. The Morgan fingerprint density at radius 1 is 0.893 bits per heavy atom. The van der Waals surface area contributed by atoms with Gasteiger partial charge in [-0.2, -0.15) is 0 Å². The van der Waals surface area contributed by atoms with Gasteiger partial charge in [0.2, 0.25) is 0 Å². The Morgan fingerprint density at radius 2 is 1.43 bits per heavy atom. The Bertz CT molecular complexity index is 736. The first kappa shape index (κ1) is 21.2. The normalized spacial score (nSPS) is 10.6. The average molecular weight is 382 g/mol. The summed E-state index contributed by atoms with van der Waals surface area (Å²) in [6, 6.07) is 18.7. The van der Waals surface area contributed by atoms with E-state index in [9.17, 15) is 14.4 Å². The summed E-state index contributed by atoms with van der Waals surface area (Å²) in [4.78, 5) is 35.6. The monoisotopic (exact) mass is 382 g/mol. The third-order valence-electron chi connectivity index (χ3n) is 4.06. The first-order valence-corrected chi connectivity index (χ1v) is 9.29. The summed E-state index contributed by atoms with van der Waals surface area (Å²) in [7, 11) is 0. The molecule has 0 aromatic heterocycles. The first-order valence-electron chi connectivity index (χ1n) is 9.29. The van der Waals surface area contributed by atoms with Gasteiger partial charge in [-0.3, -0.25) is 14.9 Å². The van der Waals surface area contributed by atoms with Crippen molar-refractivity contribution in [1.82, 2.24) is 10.6 Å². The van der Waals surface area contributed by atoms with Crippen molar-refractivity contribution in [3.8, 4) is 0 Å². The molecule has 0 saturated carbocycles. The van der Waals surface area contributed by atoms with Crippen LogP contribution in [-0.2, 0) is 14.3 Å². The summed E-state index contributed by atoms with van der Waals surface area (Å²) in [6.45, 7) is 3.85. The fraction of sp³-hybridized carbons (Fsp3) is 0.318. The molecular formula is C22H26N2O4. The van der Waals surface area contributed by atoms with Crippen molar-refractivity contribution in [2.45, 2.75) is 26.2 Å². The van der Waals surface area contributed by atoms with E-state index in [1.54, 1.807) is 0 Å². The fourth-order valence-electron chi connectivity index (χ4n) is 2.67. The van der Waals surface area contributed by atoms with Gasteiger partial charge in [0.05, 0.1) is 6.42 Å². The van der Waals surface area contributed by atoms with E-state index >= 15 is 0 Å². The number of nitrogens with one attached hydrogen (secondary N) is 2. The largest absolute Gasteiger partial charge is 0.456 e. The van der Waals surface area contributed by atoms with Gasteiger partial charge in [0, 0.05) is 12.5 Å². The minimum Gasteiger partial charge on any atom is -0.456 e. The third kappa shape index (κ3) is 7.23. The number of ether oxygens (including phenoxy) is 1. The standard InChI is InChI=1S/C22H26N2O4/c1-16(2)14-23-22(27)24-20(25)15-28-21(26)13-19(17-9-5-3-6-10-17)18-11-7-4-8-12-18/h3-12,16,19H,13-15H2,1-2H3,(H2,23,24,25,27). The number of benzene rings is 2. The Morgan fingerprint density at radius 3 is 1.93 bits per heavy atom. The highest BCUT2D eigenvalue weighted by Crippen LogP contribution is 2.28. The van der Waals surface area contributed by atoms with Crippen molar-refractivity contribution >= 4 is 17.9 Å². The van der Waals surface area contributed by atoms with Crippen molar-refractivity contribution in [2.24, 2.45) is 5.92 Å². The number of carbonyl (C=O) groups excluding carboxylic acids is 3. The smallest absolute Gasteiger partial charge is 0.321 e. The summed E-state index contributed by atoms with van der Waals surface area (Å²) in [6.07, 6.45) is 0.0981. The molecule has 0 unspecified atom stereocenters. The molecule has 0 radical (unpaired) electrons. The number of hydrogen-bond donors (Lipinski definition) is 2. The molecule has 2 rings (SSSR count). The maximum atomic E-state index is 12.3. The van der Waals surface area contributed by atoms with Gasteiger partial charge in [-0.15, -0.1) is 0 Å². The Balaban J connectivity index is 1.90. The molecule has 0 bridgehead atoms. The summed E-state index contributed by atoms with van der Waals surface area (Å²) in [5.74, 6) is -1.07. The van der Waals surface area contributed by atoms with Gasteiger partial charge in [0.25, 0.3) is 5.91 Å². The van der Waals surface area contributed by atoms with Crippen LogP contribution in [0.3, 0.4) is 0 Å². The molecule has 148 valence electrons. The Labute approximate surface area is 165 Å². The van der Waals surface area contributed by atoms with Crippen molar-refractivity contribution < 1.29 is 19.1 Å². The van der Waals surface area contributed by atoms with Gasteiger partial charge in [-0.25, -0.2) is 4.79 Å². The van der Waals surface area contributed by atoms with Gasteiger partial charge < -0.3 is 10.1 Å². The molecule has 0 fully saturated rings. The van der Waals surface area contributed by atoms with Crippen LogP contribution in [0.5, 0.6) is 0 Å². The Hall–Kier alpha value is -3.15. The van der Waals surface area contributed by atoms with Crippen LogP contribution in [0.15, 0.2) is 60.7 Å². The van der Waals surface area contributed by atoms with Crippen LogP contribution < -0.4 is 10.6 Å². The molecule has 0 saturated heterocycles. The van der Waals surface area contributed by atoms with Gasteiger partial charge >= 0.3 is 12.0 Å². The van der Waals surface area contributed by atoms with Crippen LogP contribution in [0.4, 0.5) is 4.79 Å². The van der Waals surface area contributed by atoms with Crippen LogP contribution in [-0.4, -0.2) is 31.1 Å². The van der Waals surface area contributed by atoms with E-state index in [0.717, 1.165) is 11.1 Å². The zero-order valence-corrected chi connectivity index (χ0v) is 16.2. The first-order chi connectivity index (χ1) is 13.5. The number of rotatable bonds is 8. The number of amides is 3. The minimum absolute atomic E-state index is 0.0981. The fourth-order valence-corrected chi connectivity index (χ4v) is 2.67. The van der Waals surface area contributed by atoms with Gasteiger partial charge in [-0.05, 0) is 17.0 Å². The highest BCUT2D eigenvalue weighted by molar-refractivity contribution is 5.95. The van der Waals surface area contributed by atoms with E-state index in [1.165, 1.54) is 0 Å². The summed E-state index contributed by atoms with van der Waals surface area (Å²) >= 11 is 0. The van der Waals surface area contributed by atoms with Crippen LogP contribution in [0.1, 0.15) is 37.3 Å². The second-order valence-corrected chi connectivity index (χ2v) is 6.89. The van der Waals surface area contributed by atoms with Gasteiger partial charge in [0.15, 0.2) is 6.61 Å². The average Bonchev–Trinajstić information content (AvgIpc) is 2.70. The van der Waals surface area contributed by atoms with Crippen LogP contribution in [0.2, 0.25) is 0 Å². The zero-order valence-electron chi connectivity index (χ0n) is 16.2. The highest BCUT2D eigenvalue weighted by atomic mass is 16.5. The Kier molecular flexibility index (Phi) is 8.21. The number of esters is 1. The summed E-state index contributed by atoms with van der Waals surface area (Å²) in [5.41, 5.74) is 1.98. The number of imide groups is 1. The number of urea groups is 1. The van der Waals surface area contributed by atoms with Crippen LogP contribution in [0, 0.1) is 5.92 Å². The minimum atomic E-state index is -0.662. The molecule has 0 aliphatic carbocycles. The van der Waals surface area contributed by atoms with E-state index in [-0.39, 0.29) is 18.3 Å². The van der Waals surface area contributed by atoms with Crippen LogP contribution in [0.25, 0.3) is 0 Å². The van der Waals surface area contributed by atoms with E-state index in [2.05, 4.69) is 10.6 Å². The van der Waals surface area contributed by atoms with Crippen molar-refractivity contribution in [2.75, 3.05) is 13.2 Å². The zero-order chi connectivity index (χ0) is 20.4. The van der Waals surface area contributed by atoms with Gasteiger partial charge in [-0.1, -0.05) is 74.5 Å². The van der Waals surface area contributed by atoms with E-state index in [4.69, 9.17) is 4.74 Å². The van der Waals surface area contributed by atoms with E-state index < -0.39 is 24.5 Å². The summed E-state index contributed by atoms with van der Waals surface area (Å²) in [5, 5.41) is 4.71. The maximum absolute atomic E-state index is 12.3. The molecule has 2 aromatic carbocycles. The topological polar surface area (TPSA) is 84.5 Å². The van der Waals surface area contributed by atoms with Crippen molar-refractivity contribution in [1.29, 1.82) is 0 Å². The third-order valence-corrected chi connectivity index (χ3v) is 4.06. The number of hydrogen-bond acceptors (Lipinski definition) is 4. The summed E-state index contributed by atoms with van der Waals surface area (Å²) < 4.78 is 5.07. The molecule has 0 heterocycles. The molecule has 6 nitrogen and oxygen atoms in total. The lowest BCUT2D eigenvalue weighted by Crippen LogP contribution is -2.42. The molecule has 0 aliphatic heterocycles. The van der Waals surface area contributed by atoms with Crippen molar-refractivity contribution in [3.05, 3.63) is 71.8 Å². The molecule has 0 aliphatic rings. The lowest BCUT2D eigenvalue weighted by molar-refractivity contribution is -0.148. The molecule has 3 amide bonds. The lowest BCUT2D eigenvalue weighted by Gasteiger charge is -2.17. The molecule has 2 N–H and O–H groups in total. The molecule has 0 spiro atoms. The second-order valence-electron chi connectivity index (χ2n) is 6.89. The highest BCUT2D eigenvalue weighted by Gasteiger charge is 2.20. The quantitative estimate of drug-likeness (QED) is 0.687. The molecule has 6 heteroatoms. The number of carbonyl (C=O) groups is 3.